The van der Waals surface area contributed by atoms with Gasteiger partial charge in [0.25, 0.3) is 0 Å². The molecule has 2 aromatic rings. The molecular formula is C13H9BrF3N. The lowest BCUT2D eigenvalue weighted by Gasteiger charge is -2.07. The van der Waals surface area contributed by atoms with Crippen LogP contribution in [-0.4, -0.2) is 0 Å². The van der Waals surface area contributed by atoms with Gasteiger partial charge < -0.3 is 5.32 Å². The van der Waals surface area contributed by atoms with Gasteiger partial charge in [0.1, 0.15) is 5.82 Å². The van der Waals surface area contributed by atoms with E-state index in [2.05, 4.69) is 21.2 Å². The zero-order chi connectivity index (χ0) is 13.1. The van der Waals surface area contributed by atoms with E-state index < -0.39 is 11.6 Å². The van der Waals surface area contributed by atoms with Gasteiger partial charge in [-0.25, -0.2) is 13.2 Å². The Labute approximate surface area is 111 Å². The van der Waals surface area contributed by atoms with Crippen molar-refractivity contribution in [1.82, 2.24) is 0 Å². The first-order valence-corrected chi connectivity index (χ1v) is 5.98. The van der Waals surface area contributed by atoms with Crippen LogP contribution in [0.2, 0.25) is 0 Å². The Bertz CT molecular complexity index is 552. The van der Waals surface area contributed by atoms with Crippen molar-refractivity contribution in [3.8, 4) is 0 Å². The molecule has 0 amide bonds. The largest absolute Gasteiger partial charge is 0.381 e. The molecule has 2 rings (SSSR count). The van der Waals surface area contributed by atoms with Crippen LogP contribution >= 0.6 is 15.9 Å². The smallest absolute Gasteiger partial charge is 0.160 e. The lowest BCUT2D eigenvalue weighted by atomic mass is 10.2. The molecule has 0 aliphatic rings. The van der Waals surface area contributed by atoms with Crippen molar-refractivity contribution < 1.29 is 13.2 Å². The van der Waals surface area contributed by atoms with Crippen LogP contribution in [-0.2, 0) is 6.54 Å². The summed E-state index contributed by atoms with van der Waals surface area (Å²) >= 11 is 3.18. The van der Waals surface area contributed by atoms with Crippen molar-refractivity contribution in [3.63, 3.8) is 0 Å². The van der Waals surface area contributed by atoms with Crippen LogP contribution < -0.4 is 5.32 Å². The highest BCUT2D eigenvalue weighted by Crippen LogP contribution is 2.17. The lowest BCUT2D eigenvalue weighted by molar-refractivity contribution is 0.509. The molecule has 18 heavy (non-hydrogen) atoms. The summed E-state index contributed by atoms with van der Waals surface area (Å²) in [5, 5.41) is 2.89. The van der Waals surface area contributed by atoms with E-state index in [4.69, 9.17) is 0 Å². The highest BCUT2D eigenvalue weighted by atomic mass is 79.9. The summed E-state index contributed by atoms with van der Waals surface area (Å²) in [5.74, 6) is -2.17. The van der Waals surface area contributed by atoms with Crippen molar-refractivity contribution in [2.75, 3.05) is 5.32 Å². The molecule has 0 aromatic heterocycles. The minimum atomic E-state index is -0.916. The van der Waals surface area contributed by atoms with Gasteiger partial charge in [-0.3, -0.25) is 0 Å². The predicted octanol–water partition coefficient (Wildman–Crippen LogP) is 4.48. The number of anilines is 1. The van der Waals surface area contributed by atoms with Crippen molar-refractivity contribution in [2.45, 2.75) is 6.54 Å². The Kier molecular flexibility index (Phi) is 3.91. The van der Waals surface area contributed by atoms with E-state index in [1.165, 1.54) is 18.2 Å². The van der Waals surface area contributed by atoms with Crippen LogP contribution in [0.1, 0.15) is 5.56 Å². The third-order valence-corrected chi connectivity index (χ3v) is 2.80. The number of nitrogens with one attached hydrogen (secondary N) is 1. The van der Waals surface area contributed by atoms with Crippen molar-refractivity contribution in [2.24, 2.45) is 0 Å². The van der Waals surface area contributed by atoms with Crippen molar-refractivity contribution in [1.29, 1.82) is 0 Å². The summed E-state index contributed by atoms with van der Waals surface area (Å²) in [6.07, 6.45) is 0. The molecule has 0 heterocycles. The monoisotopic (exact) mass is 315 g/mol. The van der Waals surface area contributed by atoms with Gasteiger partial charge in [-0.2, -0.15) is 0 Å². The first-order chi connectivity index (χ1) is 8.54. The zero-order valence-electron chi connectivity index (χ0n) is 9.18. The van der Waals surface area contributed by atoms with Crippen LogP contribution in [0.25, 0.3) is 0 Å². The van der Waals surface area contributed by atoms with E-state index in [9.17, 15) is 13.2 Å². The van der Waals surface area contributed by atoms with Gasteiger partial charge >= 0.3 is 0 Å². The Morgan fingerprint density at radius 2 is 1.72 bits per heavy atom. The molecule has 0 bridgehead atoms. The predicted molar refractivity (Wildman–Crippen MR) is 67.8 cm³/mol. The van der Waals surface area contributed by atoms with Crippen molar-refractivity contribution >= 4 is 21.6 Å². The van der Waals surface area contributed by atoms with Crippen LogP contribution in [0.15, 0.2) is 40.9 Å². The van der Waals surface area contributed by atoms with Gasteiger partial charge in [-0.1, -0.05) is 15.9 Å². The summed E-state index contributed by atoms with van der Waals surface area (Å²) in [5.41, 5.74) is 1.14. The second-order valence-corrected chi connectivity index (χ2v) is 4.68. The van der Waals surface area contributed by atoms with E-state index in [-0.39, 0.29) is 5.82 Å². The average Bonchev–Trinajstić information content (AvgIpc) is 2.29. The Morgan fingerprint density at radius 3 is 2.39 bits per heavy atom. The highest BCUT2D eigenvalue weighted by Gasteiger charge is 2.03. The molecule has 0 fully saturated rings. The molecular weight excluding hydrogens is 307 g/mol. The van der Waals surface area contributed by atoms with Gasteiger partial charge in [-0.05, 0) is 35.9 Å². The molecule has 0 saturated carbocycles. The van der Waals surface area contributed by atoms with E-state index in [1.54, 1.807) is 6.07 Å². The summed E-state index contributed by atoms with van der Waals surface area (Å²) < 4.78 is 39.4. The van der Waals surface area contributed by atoms with Gasteiger partial charge in [0.15, 0.2) is 11.6 Å². The minimum absolute atomic E-state index is 0.321. The Balaban J connectivity index is 2.08. The van der Waals surface area contributed by atoms with Crippen LogP contribution in [0, 0.1) is 17.5 Å². The second kappa shape index (κ2) is 5.44. The normalized spacial score (nSPS) is 10.4. The first kappa shape index (κ1) is 13.0. The SMILES string of the molecule is Fc1cc(Br)cc(CNc2ccc(F)c(F)c2)c1. The average molecular weight is 316 g/mol. The van der Waals surface area contributed by atoms with Crippen LogP contribution in [0.4, 0.5) is 18.9 Å². The third kappa shape index (κ3) is 3.26. The van der Waals surface area contributed by atoms with Gasteiger partial charge in [0.2, 0.25) is 0 Å². The second-order valence-electron chi connectivity index (χ2n) is 3.76. The molecule has 2 aromatic carbocycles. The molecule has 0 atom stereocenters. The number of rotatable bonds is 3. The van der Waals surface area contributed by atoms with Gasteiger partial charge in [0, 0.05) is 22.8 Å². The molecule has 94 valence electrons. The molecule has 5 heteroatoms. The fourth-order valence-electron chi connectivity index (χ4n) is 1.52. The highest BCUT2D eigenvalue weighted by molar-refractivity contribution is 9.10. The van der Waals surface area contributed by atoms with E-state index in [0.29, 0.717) is 22.3 Å². The molecule has 0 unspecified atom stereocenters. The summed E-state index contributed by atoms with van der Waals surface area (Å²) in [6, 6.07) is 7.99. The van der Waals surface area contributed by atoms with E-state index in [0.717, 1.165) is 12.1 Å². The minimum Gasteiger partial charge on any atom is -0.381 e. The number of hydrogen-bond donors (Lipinski definition) is 1. The van der Waals surface area contributed by atoms with Crippen molar-refractivity contribution in [3.05, 3.63) is 63.9 Å². The molecule has 0 saturated heterocycles. The molecule has 0 spiro atoms. The fourth-order valence-corrected chi connectivity index (χ4v) is 2.04. The molecule has 0 aliphatic heterocycles. The molecule has 1 nitrogen and oxygen atoms in total. The maximum atomic E-state index is 13.1. The van der Waals surface area contributed by atoms with Crippen LogP contribution in [0.5, 0.6) is 0 Å². The van der Waals surface area contributed by atoms with Gasteiger partial charge in [-0.15, -0.1) is 0 Å². The van der Waals surface area contributed by atoms with E-state index in [1.807, 2.05) is 0 Å². The number of benzene rings is 2. The third-order valence-electron chi connectivity index (χ3n) is 2.34. The topological polar surface area (TPSA) is 12.0 Å². The lowest BCUT2D eigenvalue weighted by Crippen LogP contribution is -2.00. The maximum absolute atomic E-state index is 13.1. The quantitative estimate of drug-likeness (QED) is 0.880. The summed E-state index contributed by atoms with van der Waals surface area (Å²) in [6.45, 7) is 0.321. The first-order valence-electron chi connectivity index (χ1n) is 5.18. The van der Waals surface area contributed by atoms with E-state index >= 15 is 0 Å². The zero-order valence-corrected chi connectivity index (χ0v) is 10.8. The Hall–Kier alpha value is -1.49. The van der Waals surface area contributed by atoms with Crippen LogP contribution in [0.3, 0.4) is 0 Å². The number of halogens is 4. The summed E-state index contributed by atoms with van der Waals surface area (Å²) in [7, 11) is 0. The molecule has 1 N–H and O–H groups in total. The fraction of sp³-hybridized carbons (Fsp3) is 0.0769. The standard InChI is InChI=1S/C13H9BrF3N/c14-9-3-8(4-10(15)5-9)7-18-11-1-2-12(16)13(17)6-11/h1-6,18H,7H2. The maximum Gasteiger partial charge on any atom is 0.160 e. The van der Waals surface area contributed by atoms with Gasteiger partial charge in [0.05, 0.1) is 0 Å². The summed E-state index contributed by atoms with van der Waals surface area (Å²) in [4.78, 5) is 0. The molecule has 0 radical (unpaired) electrons. The molecule has 0 aliphatic carbocycles. The number of hydrogen-bond acceptors (Lipinski definition) is 1. The Morgan fingerprint density at radius 1 is 0.944 bits per heavy atom.